The van der Waals surface area contributed by atoms with E-state index >= 15 is 0 Å². The first kappa shape index (κ1) is 12.6. The predicted octanol–water partition coefficient (Wildman–Crippen LogP) is 0.673. The van der Waals surface area contributed by atoms with Crippen LogP contribution in [0.4, 0.5) is 5.69 Å². The van der Waals surface area contributed by atoms with Gasteiger partial charge >= 0.3 is 0 Å². The number of nitro benzene ring substituents is 1. The van der Waals surface area contributed by atoms with Crippen molar-refractivity contribution in [3.05, 3.63) is 39.9 Å². The van der Waals surface area contributed by atoms with E-state index in [-0.39, 0.29) is 5.69 Å². The molecule has 16 heavy (non-hydrogen) atoms. The molecule has 0 spiro atoms. The van der Waals surface area contributed by atoms with Crippen LogP contribution in [0.3, 0.4) is 0 Å². The van der Waals surface area contributed by atoms with Gasteiger partial charge in [-0.1, -0.05) is 0 Å². The van der Waals surface area contributed by atoms with Crippen LogP contribution in [0.25, 0.3) is 0 Å². The molecular weight excluding hydrogens is 234 g/mol. The molecule has 1 atom stereocenters. The second-order valence-electron chi connectivity index (χ2n) is 3.46. The standard InChI is InChI=1S/C9H11NO5S/c1-16(14,15)6-9(11)7-2-4-8(5-3-7)10(12)13/h2-5,9,11H,6H2,1H3. The Kier molecular flexibility index (Phi) is 3.61. The molecular formula is C9H11NO5S. The van der Waals surface area contributed by atoms with Gasteiger partial charge in [-0.2, -0.15) is 0 Å². The Morgan fingerprint density at radius 1 is 1.38 bits per heavy atom. The third-order valence-corrected chi connectivity index (χ3v) is 2.87. The average Bonchev–Trinajstić information content (AvgIpc) is 2.15. The molecule has 0 aromatic heterocycles. The van der Waals surface area contributed by atoms with Crippen molar-refractivity contribution in [1.29, 1.82) is 0 Å². The lowest BCUT2D eigenvalue weighted by molar-refractivity contribution is -0.384. The molecule has 0 aliphatic rings. The summed E-state index contributed by atoms with van der Waals surface area (Å²) in [5.74, 6) is -0.398. The molecule has 0 aliphatic carbocycles. The minimum Gasteiger partial charge on any atom is -0.387 e. The maximum atomic E-state index is 10.9. The lowest BCUT2D eigenvalue weighted by Gasteiger charge is -2.08. The van der Waals surface area contributed by atoms with Crippen LogP contribution >= 0.6 is 0 Å². The number of hydrogen-bond acceptors (Lipinski definition) is 5. The van der Waals surface area contributed by atoms with Crippen LogP contribution in [-0.4, -0.2) is 30.5 Å². The van der Waals surface area contributed by atoms with Crippen molar-refractivity contribution in [3.63, 3.8) is 0 Å². The summed E-state index contributed by atoms with van der Waals surface area (Å²) < 4.78 is 21.8. The molecule has 0 amide bonds. The maximum absolute atomic E-state index is 10.9. The zero-order chi connectivity index (χ0) is 12.3. The molecule has 0 saturated heterocycles. The predicted molar refractivity (Wildman–Crippen MR) is 57.8 cm³/mol. The smallest absolute Gasteiger partial charge is 0.269 e. The van der Waals surface area contributed by atoms with Gasteiger partial charge in [0.2, 0.25) is 0 Å². The highest BCUT2D eigenvalue weighted by molar-refractivity contribution is 7.90. The number of non-ortho nitro benzene ring substituents is 1. The zero-order valence-electron chi connectivity index (χ0n) is 8.53. The van der Waals surface area contributed by atoms with Crippen molar-refractivity contribution in [2.45, 2.75) is 6.10 Å². The van der Waals surface area contributed by atoms with Gasteiger partial charge in [-0.05, 0) is 17.7 Å². The van der Waals surface area contributed by atoms with Crippen LogP contribution in [0.15, 0.2) is 24.3 Å². The van der Waals surface area contributed by atoms with Gasteiger partial charge < -0.3 is 5.11 Å². The normalized spacial score (nSPS) is 13.4. The third-order valence-electron chi connectivity index (χ3n) is 1.95. The van der Waals surface area contributed by atoms with E-state index in [9.17, 15) is 23.6 Å². The Labute approximate surface area is 92.6 Å². The largest absolute Gasteiger partial charge is 0.387 e. The summed E-state index contributed by atoms with van der Waals surface area (Å²) in [4.78, 5) is 9.80. The van der Waals surface area contributed by atoms with Crippen molar-refractivity contribution in [3.8, 4) is 0 Å². The zero-order valence-corrected chi connectivity index (χ0v) is 9.35. The fourth-order valence-corrected chi connectivity index (χ4v) is 1.97. The maximum Gasteiger partial charge on any atom is 0.269 e. The van der Waals surface area contributed by atoms with E-state index < -0.39 is 26.6 Å². The Morgan fingerprint density at radius 3 is 2.25 bits per heavy atom. The molecule has 0 heterocycles. The first-order valence-electron chi connectivity index (χ1n) is 4.40. The SMILES string of the molecule is CS(=O)(=O)CC(O)c1ccc([N+](=O)[O-])cc1. The molecule has 0 radical (unpaired) electrons. The number of sulfone groups is 1. The molecule has 1 N–H and O–H groups in total. The first-order chi connectivity index (χ1) is 7.29. The van der Waals surface area contributed by atoms with Gasteiger partial charge in [0, 0.05) is 18.4 Å². The van der Waals surface area contributed by atoms with Gasteiger partial charge in [-0.15, -0.1) is 0 Å². The minimum absolute atomic E-state index is 0.102. The first-order valence-corrected chi connectivity index (χ1v) is 6.46. The summed E-state index contributed by atoms with van der Waals surface area (Å²) in [7, 11) is -3.28. The van der Waals surface area contributed by atoms with Crippen molar-refractivity contribution >= 4 is 15.5 Å². The van der Waals surface area contributed by atoms with Crippen molar-refractivity contribution in [2.24, 2.45) is 0 Å². The Balaban J connectivity index is 2.86. The van der Waals surface area contributed by atoms with Gasteiger partial charge in [0.1, 0.15) is 9.84 Å². The van der Waals surface area contributed by atoms with E-state index in [1.54, 1.807) is 0 Å². The summed E-state index contributed by atoms with van der Waals surface area (Å²) in [5.41, 5.74) is 0.242. The third kappa shape index (κ3) is 3.59. The van der Waals surface area contributed by atoms with E-state index in [0.29, 0.717) is 5.56 Å². The van der Waals surface area contributed by atoms with Crippen LogP contribution in [0, 0.1) is 10.1 Å². The van der Waals surface area contributed by atoms with Crippen molar-refractivity contribution in [2.75, 3.05) is 12.0 Å². The highest BCUT2D eigenvalue weighted by Crippen LogP contribution is 2.18. The minimum atomic E-state index is -3.28. The summed E-state index contributed by atoms with van der Waals surface area (Å²) in [6.45, 7) is 0. The number of hydrogen-bond donors (Lipinski definition) is 1. The summed E-state index contributed by atoms with van der Waals surface area (Å²) in [6.07, 6.45) is -0.141. The lowest BCUT2D eigenvalue weighted by atomic mass is 10.1. The molecule has 7 heteroatoms. The molecule has 1 aromatic carbocycles. The van der Waals surface area contributed by atoms with Crippen LogP contribution in [0.2, 0.25) is 0 Å². The van der Waals surface area contributed by atoms with Crippen molar-refractivity contribution in [1.82, 2.24) is 0 Å². The molecule has 88 valence electrons. The van der Waals surface area contributed by atoms with Crippen LogP contribution in [-0.2, 0) is 9.84 Å². The van der Waals surface area contributed by atoms with E-state index in [1.165, 1.54) is 24.3 Å². The van der Waals surface area contributed by atoms with Gasteiger partial charge in [-0.25, -0.2) is 8.42 Å². The Morgan fingerprint density at radius 2 is 1.88 bits per heavy atom. The molecule has 1 unspecified atom stereocenters. The summed E-state index contributed by atoms with van der Waals surface area (Å²) in [6, 6.07) is 5.13. The number of nitro groups is 1. The van der Waals surface area contributed by atoms with Gasteiger partial charge in [0.05, 0.1) is 16.8 Å². The number of aliphatic hydroxyl groups is 1. The Bertz CT molecular complexity index is 479. The number of benzene rings is 1. The van der Waals surface area contributed by atoms with Gasteiger partial charge in [0.15, 0.2) is 0 Å². The number of aliphatic hydroxyl groups excluding tert-OH is 1. The van der Waals surface area contributed by atoms with Gasteiger partial charge in [0.25, 0.3) is 5.69 Å². The average molecular weight is 245 g/mol. The van der Waals surface area contributed by atoms with E-state index in [4.69, 9.17) is 0 Å². The highest BCUT2D eigenvalue weighted by Gasteiger charge is 2.15. The van der Waals surface area contributed by atoms with Gasteiger partial charge in [-0.3, -0.25) is 10.1 Å². The summed E-state index contributed by atoms with van der Waals surface area (Å²) >= 11 is 0. The van der Waals surface area contributed by atoms with E-state index in [0.717, 1.165) is 6.26 Å². The second kappa shape index (κ2) is 4.58. The van der Waals surface area contributed by atoms with E-state index in [2.05, 4.69) is 0 Å². The quantitative estimate of drug-likeness (QED) is 0.621. The number of nitrogens with zero attached hydrogens (tertiary/aromatic N) is 1. The van der Waals surface area contributed by atoms with E-state index in [1.807, 2.05) is 0 Å². The molecule has 1 rings (SSSR count). The molecule has 0 saturated carbocycles. The molecule has 0 bridgehead atoms. The Hall–Kier alpha value is -1.47. The highest BCUT2D eigenvalue weighted by atomic mass is 32.2. The second-order valence-corrected chi connectivity index (χ2v) is 5.64. The monoisotopic (exact) mass is 245 g/mol. The number of rotatable bonds is 4. The lowest BCUT2D eigenvalue weighted by Crippen LogP contribution is -2.12. The molecule has 6 nitrogen and oxygen atoms in total. The van der Waals surface area contributed by atoms with Crippen LogP contribution in [0.1, 0.15) is 11.7 Å². The molecule has 0 fully saturated rings. The fourth-order valence-electron chi connectivity index (χ4n) is 1.20. The van der Waals surface area contributed by atoms with Crippen LogP contribution in [0.5, 0.6) is 0 Å². The van der Waals surface area contributed by atoms with Crippen molar-refractivity contribution < 1.29 is 18.4 Å². The molecule has 0 aliphatic heterocycles. The van der Waals surface area contributed by atoms with Crippen LogP contribution < -0.4 is 0 Å². The fraction of sp³-hybridized carbons (Fsp3) is 0.333. The molecule has 1 aromatic rings. The summed E-state index contributed by atoms with van der Waals surface area (Å²) in [5, 5.41) is 19.9. The topological polar surface area (TPSA) is 97.5 Å².